The van der Waals surface area contributed by atoms with Crippen molar-refractivity contribution in [2.45, 2.75) is 24.2 Å². The summed E-state index contributed by atoms with van der Waals surface area (Å²) in [4.78, 5) is 22.7. The molecular formula is C11H11BrO5. The van der Waals surface area contributed by atoms with Gasteiger partial charge in [-0.3, -0.25) is 4.79 Å². The molecule has 17 heavy (non-hydrogen) atoms. The van der Waals surface area contributed by atoms with Crippen molar-refractivity contribution in [1.82, 2.24) is 0 Å². The van der Waals surface area contributed by atoms with Crippen molar-refractivity contribution < 1.29 is 24.2 Å². The monoisotopic (exact) mass is 302 g/mol. The Hall–Kier alpha value is -0.980. The van der Waals surface area contributed by atoms with Gasteiger partial charge in [0.1, 0.15) is 5.60 Å². The lowest BCUT2D eigenvalue weighted by molar-refractivity contribution is -0.224. The molecule has 0 bridgehead atoms. The SMILES string of the molecule is COC(=O)C1(O)CCC2(C=CC(=O)C(Br)=C2)O1. The van der Waals surface area contributed by atoms with Gasteiger partial charge in [-0.05, 0) is 40.6 Å². The topological polar surface area (TPSA) is 72.8 Å². The van der Waals surface area contributed by atoms with Gasteiger partial charge in [0.05, 0.1) is 11.6 Å². The van der Waals surface area contributed by atoms with Crippen molar-refractivity contribution in [3.63, 3.8) is 0 Å². The molecule has 1 aliphatic carbocycles. The van der Waals surface area contributed by atoms with Crippen LogP contribution in [0, 0.1) is 0 Å². The van der Waals surface area contributed by atoms with E-state index in [0.717, 1.165) is 0 Å². The fourth-order valence-corrected chi connectivity index (χ4v) is 2.45. The quantitative estimate of drug-likeness (QED) is 0.726. The molecule has 0 radical (unpaired) electrons. The molecule has 0 aromatic heterocycles. The van der Waals surface area contributed by atoms with Gasteiger partial charge < -0.3 is 14.6 Å². The molecule has 5 nitrogen and oxygen atoms in total. The minimum absolute atomic E-state index is 0.120. The molecule has 0 amide bonds. The fraction of sp³-hybridized carbons (Fsp3) is 0.455. The second-order valence-corrected chi connectivity index (χ2v) is 4.88. The number of halogens is 1. The molecule has 2 atom stereocenters. The molecular weight excluding hydrogens is 292 g/mol. The predicted molar refractivity (Wildman–Crippen MR) is 61.2 cm³/mol. The molecule has 1 aliphatic heterocycles. The third kappa shape index (κ3) is 2.08. The first-order chi connectivity index (χ1) is 7.91. The molecule has 1 spiro atoms. The molecule has 2 rings (SSSR count). The van der Waals surface area contributed by atoms with Crippen molar-refractivity contribution in [1.29, 1.82) is 0 Å². The number of hydrogen-bond donors (Lipinski definition) is 1. The lowest BCUT2D eigenvalue weighted by atomic mass is 9.94. The standard InChI is InChI=1S/C11H11BrO5/c1-16-9(14)11(15)5-4-10(17-11)3-2-8(13)7(12)6-10/h2-3,6,15H,4-5H2,1H3. The highest BCUT2D eigenvalue weighted by Gasteiger charge is 2.52. The van der Waals surface area contributed by atoms with E-state index in [2.05, 4.69) is 20.7 Å². The summed E-state index contributed by atoms with van der Waals surface area (Å²) in [6.07, 6.45) is 4.97. The lowest BCUT2D eigenvalue weighted by Gasteiger charge is -2.27. The summed E-state index contributed by atoms with van der Waals surface area (Å²) in [5, 5.41) is 9.97. The van der Waals surface area contributed by atoms with Crippen LogP contribution in [0.4, 0.5) is 0 Å². The number of methoxy groups -OCH3 is 1. The van der Waals surface area contributed by atoms with Crippen LogP contribution in [0.2, 0.25) is 0 Å². The van der Waals surface area contributed by atoms with Gasteiger partial charge in [0.15, 0.2) is 5.78 Å². The Morgan fingerprint density at radius 1 is 1.59 bits per heavy atom. The van der Waals surface area contributed by atoms with E-state index in [0.29, 0.717) is 10.9 Å². The van der Waals surface area contributed by atoms with Gasteiger partial charge >= 0.3 is 5.97 Å². The van der Waals surface area contributed by atoms with Gasteiger partial charge in [0.2, 0.25) is 0 Å². The third-order valence-electron chi connectivity index (χ3n) is 2.84. The largest absolute Gasteiger partial charge is 0.465 e. The van der Waals surface area contributed by atoms with Crippen molar-refractivity contribution in [2.75, 3.05) is 7.11 Å². The Labute approximate surface area is 106 Å². The number of esters is 1. The summed E-state index contributed by atoms with van der Waals surface area (Å²) in [7, 11) is 1.18. The first-order valence-electron chi connectivity index (χ1n) is 5.04. The molecule has 6 heteroatoms. The highest BCUT2D eigenvalue weighted by Crippen LogP contribution is 2.41. The van der Waals surface area contributed by atoms with E-state index in [1.807, 2.05) is 0 Å². The molecule has 0 aromatic rings. The van der Waals surface area contributed by atoms with Crippen LogP contribution >= 0.6 is 15.9 Å². The molecule has 92 valence electrons. The number of carbonyl (C=O) groups excluding carboxylic acids is 2. The predicted octanol–water partition coefficient (Wildman–Crippen LogP) is 0.815. The molecule has 0 aromatic carbocycles. The average Bonchev–Trinajstić information content (AvgIpc) is 2.63. The number of hydrogen-bond acceptors (Lipinski definition) is 5. The first-order valence-corrected chi connectivity index (χ1v) is 5.83. The van der Waals surface area contributed by atoms with Crippen LogP contribution in [0.5, 0.6) is 0 Å². The van der Waals surface area contributed by atoms with Crippen LogP contribution in [-0.4, -0.2) is 35.4 Å². The van der Waals surface area contributed by atoms with Crippen LogP contribution in [0.25, 0.3) is 0 Å². The van der Waals surface area contributed by atoms with Crippen molar-refractivity contribution in [3.05, 3.63) is 22.7 Å². The Kier molecular flexibility index (Phi) is 2.97. The zero-order valence-corrected chi connectivity index (χ0v) is 10.7. The second kappa shape index (κ2) is 4.04. The summed E-state index contributed by atoms with van der Waals surface area (Å²) in [6, 6.07) is 0. The van der Waals surface area contributed by atoms with Gasteiger partial charge in [0.25, 0.3) is 5.79 Å². The lowest BCUT2D eigenvalue weighted by Crippen LogP contribution is -2.42. The molecule has 1 saturated heterocycles. The summed E-state index contributed by atoms with van der Waals surface area (Å²) < 4.78 is 10.2. The van der Waals surface area contributed by atoms with E-state index in [4.69, 9.17) is 4.74 Å². The van der Waals surface area contributed by atoms with Crippen LogP contribution in [-0.2, 0) is 19.1 Å². The number of ketones is 1. The zero-order chi connectivity index (χ0) is 12.7. The van der Waals surface area contributed by atoms with Crippen LogP contribution < -0.4 is 0 Å². The average molecular weight is 303 g/mol. The van der Waals surface area contributed by atoms with E-state index in [9.17, 15) is 14.7 Å². The van der Waals surface area contributed by atoms with Gasteiger partial charge in [-0.25, -0.2) is 4.79 Å². The highest BCUT2D eigenvalue weighted by atomic mass is 79.9. The number of ether oxygens (including phenoxy) is 2. The van der Waals surface area contributed by atoms with Crippen molar-refractivity contribution in [2.24, 2.45) is 0 Å². The summed E-state index contributed by atoms with van der Waals surface area (Å²) >= 11 is 3.11. The van der Waals surface area contributed by atoms with Crippen LogP contribution in [0.1, 0.15) is 12.8 Å². The number of rotatable bonds is 1. The van der Waals surface area contributed by atoms with Gasteiger partial charge in [0, 0.05) is 6.42 Å². The Bertz CT molecular complexity index is 441. The Morgan fingerprint density at radius 3 is 2.88 bits per heavy atom. The van der Waals surface area contributed by atoms with E-state index >= 15 is 0 Å². The number of aliphatic hydroxyl groups is 1. The van der Waals surface area contributed by atoms with E-state index < -0.39 is 17.4 Å². The van der Waals surface area contributed by atoms with E-state index in [-0.39, 0.29) is 12.2 Å². The fourth-order valence-electron chi connectivity index (χ4n) is 1.93. The van der Waals surface area contributed by atoms with Crippen molar-refractivity contribution in [3.8, 4) is 0 Å². The normalized spacial score (nSPS) is 36.2. The smallest absolute Gasteiger partial charge is 0.366 e. The molecule has 1 heterocycles. The number of carbonyl (C=O) groups is 2. The molecule has 2 unspecified atom stereocenters. The van der Waals surface area contributed by atoms with Crippen LogP contribution in [0.15, 0.2) is 22.7 Å². The highest BCUT2D eigenvalue weighted by molar-refractivity contribution is 9.12. The minimum Gasteiger partial charge on any atom is -0.465 e. The molecule has 2 aliphatic rings. The maximum atomic E-state index is 11.4. The second-order valence-electron chi connectivity index (χ2n) is 4.02. The zero-order valence-electron chi connectivity index (χ0n) is 9.10. The molecule has 1 fully saturated rings. The van der Waals surface area contributed by atoms with E-state index in [1.54, 1.807) is 12.2 Å². The summed E-state index contributed by atoms with van der Waals surface area (Å²) in [5.74, 6) is -2.94. The van der Waals surface area contributed by atoms with Gasteiger partial charge in [-0.15, -0.1) is 0 Å². The number of allylic oxidation sites excluding steroid dienone is 2. The Morgan fingerprint density at radius 2 is 2.29 bits per heavy atom. The van der Waals surface area contributed by atoms with Gasteiger partial charge in [-0.2, -0.15) is 0 Å². The Balaban J connectivity index is 2.26. The van der Waals surface area contributed by atoms with Crippen LogP contribution in [0.3, 0.4) is 0 Å². The van der Waals surface area contributed by atoms with Gasteiger partial charge in [-0.1, -0.05) is 0 Å². The first kappa shape index (κ1) is 12.5. The van der Waals surface area contributed by atoms with E-state index in [1.165, 1.54) is 13.2 Å². The summed E-state index contributed by atoms with van der Waals surface area (Å²) in [6.45, 7) is 0. The maximum Gasteiger partial charge on any atom is 0.366 e. The van der Waals surface area contributed by atoms with Crippen molar-refractivity contribution >= 4 is 27.7 Å². The molecule has 0 saturated carbocycles. The maximum absolute atomic E-state index is 11.4. The minimum atomic E-state index is -1.94. The molecule has 1 N–H and O–H groups in total. The third-order valence-corrected chi connectivity index (χ3v) is 3.46. The summed E-state index contributed by atoms with van der Waals surface area (Å²) in [5.41, 5.74) is -0.921.